The van der Waals surface area contributed by atoms with Gasteiger partial charge in [-0.05, 0) is 19.1 Å². The summed E-state index contributed by atoms with van der Waals surface area (Å²) in [6.45, 7) is 1.70. The Morgan fingerprint density at radius 3 is 2.56 bits per heavy atom. The van der Waals surface area contributed by atoms with E-state index < -0.39 is 0 Å². The van der Waals surface area contributed by atoms with Gasteiger partial charge < -0.3 is 5.84 Å². The minimum absolute atomic E-state index is 0.00694. The molecule has 2 rings (SSSR count). The van der Waals surface area contributed by atoms with Crippen molar-refractivity contribution in [3.05, 3.63) is 40.4 Å². The van der Waals surface area contributed by atoms with Crippen LogP contribution in [0.4, 0.5) is 0 Å². The number of aromatic nitrogens is 2. The standard InChI is InChI=1S/C9H9N3O.2ClH.Mn/c1-6-11-8-5-3-2-4-7(8)9(13)12(6)10;;;/h2-5H,10H2,1H3;2*1H;/q;;;+2/p-2. The first kappa shape index (κ1) is 13.3. The van der Waals surface area contributed by atoms with Gasteiger partial charge in [0.15, 0.2) is 0 Å². The predicted octanol–water partition coefficient (Wildman–Crippen LogP) is 1.80. The molecule has 1 aromatic carbocycles. The van der Waals surface area contributed by atoms with Crippen molar-refractivity contribution in [2.75, 3.05) is 5.84 Å². The number of hydrogen-bond donors (Lipinski definition) is 1. The fraction of sp³-hybridized carbons (Fsp3) is 0.111. The van der Waals surface area contributed by atoms with Gasteiger partial charge in [0, 0.05) is 0 Å². The molecule has 7 heteroatoms. The topological polar surface area (TPSA) is 60.9 Å². The van der Waals surface area contributed by atoms with Gasteiger partial charge >= 0.3 is 33.3 Å². The fourth-order valence-electron chi connectivity index (χ4n) is 1.26. The van der Waals surface area contributed by atoms with Crippen LogP contribution in [0.5, 0.6) is 0 Å². The third-order valence-corrected chi connectivity index (χ3v) is 1.98. The van der Waals surface area contributed by atoms with E-state index in [9.17, 15) is 4.79 Å². The molecule has 0 aliphatic rings. The van der Waals surface area contributed by atoms with Gasteiger partial charge in [-0.1, -0.05) is 12.1 Å². The Labute approximate surface area is 107 Å². The summed E-state index contributed by atoms with van der Waals surface area (Å²) in [4.78, 5) is 15.7. The number of para-hydroxylation sites is 1. The molecular formula is C9H9Cl2MnN3O. The molecule has 0 radical (unpaired) electrons. The number of halogens is 2. The summed E-state index contributed by atoms with van der Waals surface area (Å²) in [5.74, 6) is 6.01. The molecule has 0 saturated heterocycles. The van der Waals surface area contributed by atoms with E-state index in [1.165, 1.54) is 0 Å². The van der Waals surface area contributed by atoms with E-state index in [2.05, 4.69) is 4.98 Å². The second-order valence-corrected chi connectivity index (χ2v) is 4.85. The summed E-state index contributed by atoms with van der Waals surface area (Å²) in [5, 5.41) is 0.551. The molecule has 0 fully saturated rings. The molecule has 0 saturated carbocycles. The Kier molecular flexibility index (Phi) is 5.09. The molecule has 4 nitrogen and oxygen atoms in total. The summed E-state index contributed by atoms with van der Waals surface area (Å²) in [5.41, 5.74) is 0.481. The van der Waals surface area contributed by atoms with Crippen molar-refractivity contribution in [2.24, 2.45) is 0 Å². The van der Waals surface area contributed by atoms with Crippen LogP contribution in [-0.4, -0.2) is 9.66 Å². The summed E-state index contributed by atoms with van der Waals surface area (Å²) < 4.78 is 1.06. The summed E-state index contributed by atoms with van der Waals surface area (Å²) in [6, 6.07) is 7.15. The zero-order chi connectivity index (χ0) is 12.1. The van der Waals surface area contributed by atoms with Gasteiger partial charge in [-0.15, -0.1) is 0 Å². The molecular weight excluding hydrogens is 292 g/mol. The van der Waals surface area contributed by atoms with E-state index in [0.717, 1.165) is 4.68 Å². The molecule has 16 heavy (non-hydrogen) atoms. The molecule has 1 heterocycles. The molecule has 0 aliphatic carbocycles. The summed E-state index contributed by atoms with van der Waals surface area (Å²) in [7, 11) is 9.59. The SMILES string of the molecule is Cc1nc2ccccc2c(=O)n1N.[Cl][Mn][Cl]. The molecule has 0 atom stereocenters. The molecule has 87 valence electrons. The van der Waals surface area contributed by atoms with E-state index in [-0.39, 0.29) is 18.7 Å². The normalized spacial score (nSPS) is 9.69. The molecule has 1 aromatic heterocycles. The van der Waals surface area contributed by atoms with E-state index in [0.29, 0.717) is 16.7 Å². The quantitative estimate of drug-likeness (QED) is 0.596. The van der Waals surface area contributed by atoms with Gasteiger partial charge in [0.25, 0.3) is 5.56 Å². The number of nitrogens with zero attached hydrogens (tertiary/aromatic N) is 2. The number of rotatable bonds is 0. The van der Waals surface area contributed by atoms with Crippen molar-refractivity contribution in [1.29, 1.82) is 0 Å². The summed E-state index contributed by atoms with van der Waals surface area (Å²) >= 11 is 0.00694. The summed E-state index contributed by atoms with van der Waals surface area (Å²) in [6.07, 6.45) is 0. The second kappa shape index (κ2) is 6.11. The average Bonchev–Trinajstić information content (AvgIpc) is 2.27. The Hall–Kier alpha value is -0.741. The van der Waals surface area contributed by atoms with Gasteiger partial charge in [-0.25, -0.2) is 9.66 Å². The fourth-order valence-corrected chi connectivity index (χ4v) is 1.26. The van der Waals surface area contributed by atoms with Crippen LogP contribution < -0.4 is 11.4 Å². The maximum atomic E-state index is 11.5. The zero-order valence-corrected chi connectivity index (χ0v) is 11.0. The van der Waals surface area contributed by atoms with Crippen molar-refractivity contribution in [3.8, 4) is 0 Å². The van der Waals surface area contributed by atoms with Crippen LogP contribution in [-0.2, 0) is 13.1 Å². The maximum absolute atomic E-state index is 11.5. The van der Waals surface area contributed by atoms with Crippen LogP contribution in [0.15, 0.2) is 29.1 Å². The van der Waals surface area contributed by atoms with Gasteiger partial charge in [0.1, 0.15) is 5.82 Å². The Morgan fingerprint density at radius 2 is 1.94 bits per heavy atom. The third-order valence-electron chi connectivity index (χ3n) is 1.98. The molecule has 0 aliphatic heterocycles. The van der Waals surface area contributed by atoms with Crippen LogP contribution in [0.2, 0.25) is 0 Å². The van der Waals surface area contributed by atoms with Gasteiger partial charge in [-0.2, -0.15) is 0 Å². The van der Waals surface area contributed by atoms with Crippen LogP contribution >= 0.6 is 20.2 Å². The first-order chi connectivity index (χ1) is 7.61. The monoisotopic (exact) mass is 300 g/mol. The predicted molar refractivity (Wildman–Crippen MR) is 62.6 cm³/mol. The van der Waals surface area contributed by atoms with Crippen LogP contribution in [0.1, 0.15) is 5.82 Å². The molecule has 2 N–H and O–H groups in total. The zero-order valence-electron chi connectivity index (χ0n) is 8.32. The number of aryl methyl sites for hydroxylation is 1. The number of nitrogens with two attached hydrogens (primary N) is 1. The first-order valence-corrected chi connectivity index (χ1v) is 7.47. The molecule has 0 amide bonds. The molecule has 0 bridgehead atoms. The van der Waals surface area contributed by atoms with Gasteiger partial charge in [0.2, 0.25) is 0 Å². The van der Waals surface area contributed by atoms with E-state index in [1.54, 1.807) is 25.1 Å². The van der Waals surface area contributed by atoms with Gasteiger partial charge in [0.05, 0.1) is 10.9 Å². The third kappa shape index (κ3) is 2.89. The van der Waals surface area contributed by atoms with Crippen molar-refractivity contribution >= 4 is 31.1 Å². The average molecular weight is 301 g/mol. The Balaban J connectivity index is 0.000000386. The van der Waals surface area contributed by atoms with Crippen LogP contribution in [0.25, 0.3) is 10.9 Å². The van der Waals surface area contributed by atoms with Crippen molar-refractivity contribution < 1.29 is 13.1 Å². The second-order valence-electron chi connectivity index (χ2n) is 2.91. The van der Waals surface area contributed by atoms with Crippen LogP contribution in [0, 0.1) is 6.92 Å². The Bertz CT molecular complexity index is 544. The number of hydrogen-bond acceptors (Lipinski definition) is 3. The number of fused-ring (bicyclic) bond motifs is 1. The van der Waals surface area contributed by atoms with Crippen LogP contribution in [0.3, 0.4) is 0 Å². The first-order valence-electron chi connectivity index (χ1n) is 4.22. The van der Waals surface area contributed by atoms with E-state index in [4.69, 9.17) is 26.0 Å². The number of nitrogen functional groups attached to an aromatic ring is 1. The molecule has 0 spiro atoms. The van der Waals surface area contributed by atoms with E-state index in [1.807, 2.05) is 6.07 Å². The van der Waals surface area contributed by atoms with Crippen molar-refractivity contribution in [2.45, 2.75) is 6.92 Å². The van der Waals surface area contributed by atoms with E-state index >= 15 is 0 Å². The van der Waals surface area contributed by atoms with Crippen molar-refractivity contribution in [3.63, 3.8) is 0 Å². The van der Waals surface area contributed by atoms with Gasteiger partial charge in [-0.3, -0.25) is 4.79 Å². The Morgan fingerprint density at radius 1 is 1.38 bits per heavy atom. The van der Waals surface area contributed by atoms with Crippen molar-refractivity contribution in [1.82, 2.24) is 9.66 Å². The number of benzene rings is 1. The molecule has 2 aromatic rings. The minimum atomic E-state index is -0.205. The molecule has 0 unspecified atom stereocenters.